The zero-order valence-electron chi connectivity index (χ0n) is 40.2. The van der Waals surface area contributed by atoms with Crippen molar-refractivity contribution in [2.24, 2.45) is 0 Å². The van der Waals surface area contributed by atoms with E-state index in [9.17, 15) is 0 Å². The van der Waals surface area contributed by atoms with Gasteiger partial charge in [0.05, 0.1) is 18.2 Å². The predicted molar refractivity (Wildman–Crippen MR) is 286 cm³/mol. The lowest BCUT2D eigenvalue weighted by Crippen LogP contribution is -2.61. The molecule has 0 bridgehead atoms. The molecule has 1 aromatic heterocycles. The first-order valence-corrected chi connectivity index (χ1v) is 23.8. The van der Waals surface area contributed by atoms with Gasteiger partial charge >= 0.3 is 0 Å². The molecule has 0 unspecified atom stereocenters. The lowest BCUT2D eigenvalue weighted by molar-refractivity contribution is 0.572. The summed E-state index contributed by atoms with van der Waals surface area (Å²) in [5, 5.41) is 2.19. The van der Waals surface area contributed by atoms with Crippen LogP contribution in [-0.4, -0.2) is 6.71 Å². The van der Waals surface area contributed by atoms with Crippen LogP contribution in [0, 0.1) is 0 Å². The Morgan fingerprint density at radius 2 is 0.925 bits per heavy atom. The first-order chi connectivity index (χ1) is 32.1. The van der Waals surface area contributed by atoms with Gasteiger partial charge in [-0.1, -0.05) is 159 Å². The van der Waals surface area contributed by atoms with Gasteiger partial charge in [-0.2, -0.15) is 0 Å². The molecule has 2 aliphatic heterocycles. The average molecular weight is 872 g/mol. The lowest BCUT2D eigenvalue weighted by Gasteiger charge is -2.45. The maximum absolute atomic E-state index is 5.90. The number of para-hydroxylation sites is 2. The van der Waals surface area contributed by atoms with Crippen LogP contribution in [0.25, 0.3) is 21.9 Å². The van der Waals surface area contributed by atoms with E-state index < -0.39 is 0 Å². The number of benzene rings is 8. The molecule has 5 heteroatoms. The van der Waals surface area contributed by atoms with Crippen molar-refractivity contribution >= 4 is 85.1 Å². The molecule has 0 aliphatic carbocycles. The maximum Gasteiger partial charge on any atom is 0.252 e. The summed E-state index contributed by atoms with van der Waals surface area (Å²) < 4.78 is 5.90. The van der Waals surface area contributed by atoms with Crippen LogP contribution < -0.4 is 31.1 Å². The molecule has 8 aromatic carbocycles. The molecule has 0 saturated carbocycles. The van der Waals surface area contributed by atoms with E-state index in [4.69, 9.17) is 4.42 Å². The van der Waals surface area contributed by atoms with Crippen molar-refractivity contribution in [3.05, 3.63) is 205 Å². The standard InChI is InChI=1S/C62H58BN3O/c1-60(2,3)44-25-28-49(29-26-44)64(54-32-27-45(61(4,5)6)35-51(54)41-19-13-10-14-20-41)50-30-31-52-56(38-50)66(48-23-17-12-18-24-48)58-37-46(62(7,8)9)36-57-59(58)63(52)53-33-42-39-67-40-43(42)34-55(53)65(57)47-21-15-11-16-22-47/h10-40H,1-9H3. The van der Waals surface area contributed by atoms with Gasteiger partial charge in [0.25, 0.3) is 6.71 Å². The summed E-state index contributed by atoms with van der Waals surface area (Å²) >= 11 is 0. The molecule has 0 spiro atoms. The Hall–Kier alpha value is -7.24. The van der Waals surface area contributed by atoms with E-state index in [1.54, 1.807) is 0 Å². The fraction of sp³-hybridized carbons (Fsp3) is 0.194. The van der Waals surface area contributed by atoms with E-state index in [1.807, 2.05) is 12.5 Å². The van der Waals surface area contributed by atoms with Gasteiger partial charge in [0.2, 0.25) is 0 Å². The monoisotopic (exact) mass is 871 g/mol. The molecular formula is C62H58BN3O. The summed E-state index contributed by atoms with van der Waals surface area (Å²) in [5.41, 5.74) is 20.2. The number of furan rings is 1. The third-order valence-corrected chi connectivity index (χ3v) is 14.0. The summed E-state index contributed by atoms with van der Waals surface area (Å²) in [6.45, 7) is 20.7. The van der Waals surface area contributed by atoms with Crippen molar-refractivity contribution in [3.63, 3.8) is 0 Å². The third-order valence-electron chi connectivity index (χ3n) is 14.0. The Morgan fingerprint density at radius 1 is 0.418 bits per heavy atom. The van der Waals surface area contributed by atoms with Gasteiger partial charge < -0.3 is 19.1 Å². The topological polar surface area (TPSA) is 22.9 Å². The van der Waals surface area contributed by atoms with Crippen molar-refractivity contribution < 1.29 is 4.42 Å². The normalized spacial score (nSPS) is 13.4. The molecular weight excluding hydrogens is 814 g/mol. The van der Waals surface area contributed by atoms with E-state index in [1.165, 1.54) is 61.3 Å². The van der Waals surface area contributed by atoms with Gasteiger partial charge in [0, 0.05) is 61.8 Å². The number of hydrogen-bond donors (Lipinski definition) is 0. The van der Waals surface area contributed by atoms with Gasteiger partial charge in [0.1, 0.15) is 0 Å². The largest absolute Gasteiger partial charge is 0.471 e. The molecule has 3 heterocycles. The maximum atomic E-state index is 5.90. The molecule has 0 saturated heterocycles. The highest BCUT2D eigenvalue weighted by Crippen LogP contribution is 2.49. The predicted octanol–water partition coefficient (Wildman–Crippen LogP) is 15.5. The molecule has 11 rings (SSSR count). The second-order valence-electron chi connectivity index (χ2n) is 21.6. The number of rotatable bonds is 6. The molecule has 4 nitrogen and oxygen atoms in total. The Kier molecular flexibility index (Phi) is 9.94. The molecule has 0 N–H and O–H groups in total. The fourth-order valence-corrected chi connectivity index (χ4v) is 10.3. The van der Waals surface area contributed by atoms with Crippen LogP contribution in [0.3, 0.4) is 0 Å². The third kappa shape index (κ3) is 7.33. The van der Waals surface area contributed by atoms with Gasteiger partial charge in [-0.3, -0.25) is 0 Å². The minimum Gasteiger partial charge on any atom is -0.471 e. The number of anilines is 9. The molecule has 67 heavy (non-hydrogen) atoms. The highest BCUT2D eigenvalue weighted by molar-refractivity contribution is 7.00. The Balaban J connectivity index is 1.22. The summed E-state index contributed by atoms with van der Waals surface area (Å²) in [5.74, 6) is 0. The summed E-state index contributed by atoms with van der Waals surface area (Å²) in [6, 6.07) is 65.9. The Morgan fingerprint density at radius 3 is 1.49 bits per heavy atom. The second kappa shape index (κ2) is 15.7. The quantitative estimate of drug-likeness (QED) is 0.155. The highest BCUT2D eigenvalue weighted by Gasteiger charge is 2.44. The van der Waals surface area contributed by atoms with E-state index >= 15 is 0 Å². The van der Waals surface area contributed by atoms with Gasteiger partial charge in [0.15, 0.2) is 0 Å². The van der Waals surface area contributed by atoms with Crippen molar-refractivity contribution in [2.75, 3.05) is 14.7 Å². The van der Waals surface area contributed by atoms with E-state index in [-0.39, 0.29) is 23.0 Å². The SMILES string of the molecule is CC(C)(C)c1ccc(N(c2ccc3c(c2)N(c2ccccc2)c2cc(C(C)(C)C)cc4c2B3c2cc3cocc3cc2N4c2ccccc2)c2ccc(C(C)(C)C)cc2-c2ccccc2)cc1. The van der Waals surface area contributed by atoms with Crippen LogP contribution in [0.15, 0.2) is 193 Å². The highest BCUT2D eigenvalue weighted by atomic mass is 16.3. The molecule has 9 aromatic rings. The molecule has 330 valence electrons. The smallest absolute Gasteiger partial charge is 0.252 e. The minimum atomic E-state index is -0.133. The average Bonchev–Trinajstić information content (AvgIpc) is 3.78. The van der Waals surface area contributed by atoms with E-state index in [2.05, 4.69) is 253 Å². The molecule has 0 atom stereocenters. The van der Waals surface area contributed by atoms with E-state index in [0.29, 0.717) is 0 Å². The minimum absolute atomic E-state index is 0.0154. The molecule has 0 fully saturated rings. The summed E-state index contributed by atoms with van der Waals surface area (Å²) in [7, 11) is 0. The van der Waals surface area contributed by atoms with Crippen LogP contribution >= 0.6 is 0 Å². The Bertz CT molecular complexity index is 3300. The molecule has 2 aliphatic rings. The second-order valence-corrected chi connectivity index (χ2v) is 21.6. The van der Waals surface area contributed by atoms with Crippen molar-refractivity contribution in [1.29, 1.82) is 0 Å². The van der Waals surface area contributed by atoms with Crippen LogP contribution in [0.4, 0.5) is 51.2 Å². The summed E-state index contributed by atoms with van der Waals surface area (Å²) in [4.78, 5) is 7.51. The van der Waals surface area contributed by atoms with Gasteiger partial charge in [-0.05, 0) is 134 Å². The fourth-order valence-electron chi connectivity index (χ4n) is 10.3. The van der Waals surface area contributed by atoms with Crippen LogP contribution in [0.5, 0.6) is 0 Å². The van der Waals surface area contributed by atoms with Crippen molar-refractivity contribution in [1.82, 2.24) is 0 Å². The lowest BCUT2D eigenvalue weighted by atomic mass is 9.33. The first kappa shape index (κ1) is 42.4. The number of fused-ring (bicyclic) bond motifs is 5. The van der Waals surface area contributed by atoms with Crippen LogP contribution in [0.1, 0.15) is 79.0 Å². The molecule has 0 amide bonds. The first-order valence-electron chi connectivity index (χ1n) is 23.8. The van der Waals surface area contributed by atoms with Crippen molar-refractivity contribution in [3.8, 4) is 11.1 Å². The van der Waals surface area contributed by atoms with Gasteiger partial charge in [-0.25, -0.2) is 0 Å². The zero-order chi connectivity index (χ0) is 46.4. The Labute approximate surface area is 397 Å². The molecule has 0 radical (unpaired) electrons. The summed E-state index contributed by atoms with van der Waals surface area (Å²) in [6.07, 6.45) is 3.77. The number of hydrogen-bond acceptors (Lipinski definition) is 4. The van der Waals surface area contributed by atoms with Crippen LogP contribution in [-0.2, 0) is 16.2 Å². The van der Waals surface area contributed by atoms with E-state index in [0.717, 1.165) is 44.9 Å². The number of nitrogens with zero attached hydrogens (tertiary/aromatic N) is 3. The zero-order valence-corrected chi connectivity index (χ0v) is 40.2. The van der Waals surface area contributed by atoms with Crippen molar-refractivity contribution in [2.45, 2.75) is 78.6 Å². The van der Waals surface area contributed by atoms with Crippen LogP contribution in [0.2, 0.25) is 0 Å². The van der Waals surface area contributed by atoms with Gasteiger partial charge in [-0.15, -0.1) is 0 Å².